The number of hydrogen-bond acceptors (Lipinski definition) is 7. The summed E-state index contributed by atoms with van der Waals surface area (Å²) >= 11 is 1.49. The number of hydrazone groups is 1. The molecule has 0 fully saturated rings. The number of nitrogens with zero attached hydrogens (tertiary/aromatic N) is 3. The van der Waals surface area contributed by atoms with E-state index in [1.807, 2.05) is 24.4 Å². The Kier molecular flexibility index (Phi) is 5.00. The first kappa shape index (κ1) is 16.6. The molecule has 0 radical (unpaired) electrons. The molecule has 1 N–H and O–H groups in total. The molecule has 126 valence electrons. The van der Waals surface area contributed by atoms with Gasteiger partial charge in [0.15, 0.2) is 0 Å². The van der Waals surface area contributed by atoms with E-state index in [2.05, 4.69) is 15.5 Å². The number of nitro benzene ring substituents is 1. The van der Waals surface area contributed by atoms with E-state index < -0.39 is 4.92 Å². The molecule has 0 bridgehead atoms. The van der Waals surface area contributed by atoms with Crippen molar-refractivity contribution in [1.29, 1.82) is 0 Å². The van der Waals surface area contributed by atoms with Crippen LogP contribution in [-0.4, -0.2) is 16.1 Å². The number of ether oxygens (including phenoxy) is 1. The van der Waals surface area contributed by atoms with E-state index >= 15 is 0 Å². The minimum atomic E-state index is -0.445. The lowest BCUT2D eigenvalue weighted by Crippen LogP contribution is -1.91. The average Bonchev–Trinajstić information content (AvgIpc) is 3.02. The Bertz CT molecular complexity index is 889. The zero-order chi connectivity index (χ0) is 17.6. The molecule has 0 saturated heterocycles. The van der Waals surface area contributed by atoms with Crippen molar-refractivity contribution in [3.05, 3.63) is 75.3 Å². The van der Waals surface area contributed by atoms with Gasteiger partial charge in [0.05, 0.1) is 16.8 Å². The highest BCUT2D eigenvalue weighted by atomic mass is 32.1. The van der Waals surface area contributed by atoms with Gasteiger partial charge in [0, 0.05) is 17.5 Å². The van der Waals surface area contributed by atoms with Crippen LogP contribution < -0.4 is 10.2 Å². The number of aryl methyl sites for hydroxylation is 1. The van der Waals surface area contributed by atoms with Gasteiger partial charge in [-0.2, -0.15) is 5.10 Å². The van der Waals surface area contributed by atoms with Crippen LogP contribution in [0.25, 0.3) is 0 Å². The molecule has 0 atom stereocenters. The normalized spacial score (nSPS) is 10.8. The molecule has 0 spiro atoms. The molecule has 7 nitrogen and oxygen atoms in total. The molecule has 1 heterocycles. The van der Waals surface area contributed by atoms with Gasteiger partial charge in [-0.25, -0.2) is 4.98 Å². The number of nitro groups is 1. The van der Waals surface area contributed by atoms with Crippen LogP contribution in [0.5, 0.6) is 11.5 Å². The Balaban J connectivity index is 1.58. The highest BCUT2D eigenvalue weighted by molar-refractivity contribution is 7.13. The third-order valence-corrected chi connectivity index (χ3v) is 4.02. The third-order valence-electron chi connectivity index (χ3n) is 3.16. The molecule has 0 aliphatic heterocycles. The van der Waals surface area contributed by atoms with Crippen molar-refractivity contribution in [2.45, 2.75) is 6.92 Å². The highest BCUT2D eigenvalue weighted by Crippen LogP contribution is 2.23. The molecule has 2 aromatic carbocycles. The van der Waals surface area contributed by atoms with E-state index in [0.29, 0.717) is 11.5 Å². The summed E-state index contributed by atoms with van der Waals surface area (Å²) < 4.78 is 5.65. The number of benzene rings is 2. The fraction of sp³-hybridized carbons (Fsp3) is 0.0588. The molecule has 0 aliphatic rings. The first-order valence-electron chi connectivity index (χ1n) is 7.34. The average molecular weight is 354 g/mol. The molecule has 1 aromatic heterocycles. The lowest BCUT2D eigenvalue weighted by atomic mass is 10.2. The minimum absolute atomic E-state index is 0.0295. The molecule has 8 heteroatoms. The van der Waals surface area contributed by atoms with Crippen LogP contribution in [0.1, 0.15) is 11.3 Å². The van der Waals surface area contributed by atoms with E-state index in [-0.39, 0.29) is 5.69 Å². The highest BCUT2D eigenvalue weighted by Gasteiger charge is 2.05. The van der Waals surface area contributed by atoms with E-state index in [9.17, 15) is 10.1 Å². The summed E-state index contributed by atoms with van der Waals surface area (Å²) in [6.07, 6.45) is 1.69. The second-order valence-corrected chi connectivity index (χ2v) is 5.94. The largest absolute Gasteiger partial charge is 0.457 e. The van der Waals surface area contributed by atoms with E-state index in [1.54, 1.807) is 30.5 Å². The van der Waals surface area contributed by atoms with Crippen molar-refractivity contribution in [1.82, 2.24) is 4.98 Å². The molecule has 25 heavy (non-hydrogen) atoms. The summed E-state index contributed by atoms with van der Waals surface area (Å²) in [6.45, 7) is 1.93. The van der Waals surface area contributed by atoms with Crippen molar-refractivity contribution in [3.8, 4) is 11.5 Å². The Morgan fingerprint density at radius 3 is 2.36 bits per heavy atom. The van der Waals surface area contributed by atoms with Crippen LogP contribution in [-0.2, 0) is 0 Å². The first-order chi connectivity index (χ1) is 12.1. The Morgan fingerprint density at radius 2 is 1.80 bits per heavy atom. The second-order valence-electron chi connectivity index (χ2n) is 5.09. The van der Waals surface area contributed by atoms with Crippen molar-refractivity contribution < 1.29 is 9.66 Å². The quantitative estimate of drug-likeness (QED) is 0.397. The molecule has 0 unspecified atom stereocenters. The standard InChI is InChI=1S/C17H14N4O3S/c1-12-11-25-17(19-12)20-18-10-13-2-6-15(7-3-13)24-16-8-4-14(5-9-16)21(22)23/h2-11H,1H3,(H,19,20). The SMILES string of the molecule is Cc1csc(NN=Cc2ccc(Oc3ccc([N+](=O)[O-])cc3)cc2)n1. The van der Waals surface area contributed by atoms with Gasteiger partial charge in [-0.05, 0) is 48.9 Å². The van der Waals surface area contributed by atoms with Crippen LogP contribution in [0.4, 0.5) is 10.8 Å². The van der Waals surface area contributed by atoms with Crippen LogP contribution >= 0.6 is 11.3 Å². The Hall–Kier alpha value is -3.26. The number of aromatic nitrogens is 1. The van der Waals surface area contributed by atoms with Gasteiger partial charge in [-0.1, -0.05) is 0 Å². The maximum absolute atomic E-state index is 10.6. The fourth-order valence-corrected chi connectivity index (χ4v) is 2.60. The lowest BCUT2D eigenvalue weighted by molar-refractivity contribution is -0.384. The maximum atomic E-state index is 10.6. The summed E-state index contributed by atoms with van der Waals surface area (Å²) in [5.74, 6) is 1.17. The predicted molar refractivity (Wildman–Crippen MR) is 97.7 cm³/mol. The molecule has 0 saturated carbocycles. The first-order valence-corrected chi connectivity index (χ1v) is 8.22. The van der Waals surface area contributed by atoms with Gasteiger partial charge in [-0.15, -0.1) is 11.3 Å². The number of nitrogens with one attached hydrogen (secondary N) is 1. The maximum Gasteiger partial charge on any atom is 0.269 e. The fourth-order valence-electron chi connectivity index (χ4n) is 1.96. The predicted octanol–water partition coefficient (Wildman–Crippen LogP) is 4.60. The Labute approximate surface area is 147 Å². The topological polar surface area (TPSA) is 89.7 Å². The van der Waals surface area contributed by atoms with Crippen molar-refractivity contribution in [3.63, 3.8) is 0 Å². The number of thiazole rings is 1. The third kappa shape index (κ3) is 4.61. The molecular weight excluding hydrogens is 340 g/mol. The number of anilines is 1. The van der Waals surface area contributed by atoms with Gasteiger partial charge >= 0.3 is 0 Å². The van der Waals surface area contributed by atoms with Crippen molar-refractivity contribution >= 4 is 28.4 Å². The van der Waals surface area contributed by atoms with Crippen molar-refractivity contribution in [2.24, 2.45) is 5.10 Å². The van der Waals surface area contributed by atoms with Gasteiger partial charge in [-0.3, -0.25) is 15.5 Å². The van der Waals surface area contributed by atoms with Gasteiger partial charge in [0.25, 0.3) is 5.69 Å². The van der Waals surface area contributed by atoms with Crippen LogP contribution in [0.3, 0.4) is 0 Å². The number of non-ortho nitro benzene ring substituents is 1. The monoisotopic (exact) mass is 354 g/mol. The summed E-state index contributed by atoms with van der Waals surface area (Å²) in [4.78, 5) is 14.4. The zero-order valence-electron chi connectivity index (χ0n) is 13.2. The zero-order valence-corrected chi connectivity index (χ0v) is 14.1. The van der Waals surface area contributed by atoms with E-state index in [0.717, 1.165) is 16.4 Å². The number of hydrogen-bond donors (Lipinski definition) is 1. The van der Waals surface area contributed by atoms with Gasteiger partial charge in [0.1, 0.15) is 11.5 Å². The molecule has 3 rings (SSSR count). The van der Waals surface area contributed by atoms with Crippen LogP contribution in [0.15, 0.2) is 59.0 Å². The second kappa shape index (κ2) is 7.54. The van der Waals surface area contributed by atoms with E-state index in [4.69, 9.17) is 4.74 Å². The van der Waals surface area contributed by atoms with Gasteiger partial charge in [0.2, 0.25) is 5.13 Å². The molecule has 0 aliphatic carbocycles. The summed E-state index contributed by atoms with van der Waals surface area (Å²) in [7, 11) is 0. The van der Waals surface area contributed by atoms with Crippen molar-refractivity contribution in [2.75, 3.05) is 5.43 Å². The summed E-state index contributed by atoms with van der Waals surface area (Å²) in [5, 5.41) is 17.5. The number of rotatable bonds is 6. The van der Waals surface area contributed by atoms with E-state index in [1.165, 1.54) is 23.5 Å². The summed E-state index contributed by atoms with van der Waals surface area (Å²) in [6, 6.07) is 13.3. The van der Waals surface area contributed by atoms with Crippen LogP contribution in [0, 0.1) is 17.0 Å². The van der Waals surface area contributed by atoms with Gasteiger partial charge < -0.3 is 4.74 Å². The van der Waals surface area contributed by atoms with Crippen LogP contribution in [0.2, 0.25) is 0 Å². The molecular formula is C17H14N4O3S. The molecule has 0 amide bonds. The summed E-state index contributed by atoms with van der Waals surface area (Å²) in [5.41, 5.74) is 4.76. The molecule has 3 aromatic rings. The Morgan fingerprint density at radius 1 is 1.16 bits per heavy atom. The smallest absolute Gasteiger partial charge is 0.269 e. The lowest BCUT2D eigenvalue weighted by Gasteiger charge is -2.05. The minimum Gasteiger partial charge on any atom is -0.457 e.